The standard InChI is InChI=1S/C28H38BrN5O2S/c1-6-36-32-25(21-7-9-23(29)10-8-21)22-11-15-34(16-12-22)28(4)13-17-33(18-14-28)26(35)24-19(2)30-27(37-5)31-20(24)3/h7-10,22H,6,11-18H2,1-5H3/b32-25-. The summed E-state index contributed by atoms with van der Waals surface area (Å²) in [5.74, 6) is 0.444. The highest BCUT2D eigenvalue weighted by Crippen LogP contribution is 2.34. The van der Waals surface area contributed by atoms with Crippen LogP contribution < -0.4 is 0 Å². The van der Waals surface area contributed by atoms with Crippen LogP contribution in [0, 0.1) is 19.8 Å². The van der Waals surface area contributed by atoms with Crippen molar-refractivity contribution in [2.24, 2.45) is 11.1 Å². The number of carbonyl (C=O) groups is 1. The lowest BCUT2D eigenvalue weighted by atomic mass is 9.82. The number of piperidine rings is 2. The molecule has 0 bridgehead atoms. The van der Waals surface area contributed by atoms with Gasteiger partial charge in [0, 0.05) is 29.0 Å². The van der Waals surface area contributed by atoms with Gasteiger partial charge in [-0.15, -0.1) is 0 Å². The Labute approximate surface area is 233 Å². The van der Waals surface area contributed by atoms with Crippen molar-refractivity contribution in [2.75, 3.05) is 39.0 Å². The maximum atomic E-state index is 13.4. The molecule has 9 heteroatoms. The number of aromatic nitrogens is 2. The Hall–Kier alpha value is -1.97. The van der Waals surface area contributed by atoms with Gasteiger partial charge in [0.2, 0.25) is 0 Å². The molecule has 2 fully saturated rings. The fourth-order valence-electron chi connectivity index (χ4n) is 5.56. The van der Waals surface area contributed by atoms with Gasteiger partial charge in [0.1, 0.15) is 6.61 Å². The number of halogens is 1. The first-order valence-electron chi connectivity index (χ1n) is 13.1. The monoisotopic (exact) mass is 587 g/mol. The van der Waals surface area contributed by atoms with E-state index in [1.807, 2.05) is 31.9 Å². The Balaban J connectivity index is 1.38. The zero-order valence-corrected chi connectivity index (χ0v) is 25.0. The smallest absolute Gasteiger partial charge is 0.257 e. The van der Waals surface area contributed by atoms with Crippen molar-refractivity contribution in [3.05, 3.63) is 51.3 Å². The van der Waals surface area contributed by atoms with Gasteiger partial charge < -0.3 is 9.74 Å². The van der Waals surface area contributed by atoms with Gasteiger partial charge in [0.15, 0.2) is 5.16 Å². The van der Waals surface area contributed by atoms with Crippen LogP contribution in [0.2, 0.25) is 0 Å². The zero-order chi connectivity index (χ0) is 26.6. The lowest BCUT2D eigenvalue weighted by molar-refractivity contribution is 0.0161. The third-order valence-electron chi connectivity index (χ3n) is 7.85. The topological polar surface area (TPSA) is 70.9 Å². The molecule has 37 heavy (non-hydrogen) atoms. The summed E-state index contributed by atoms with van der Waals surface area (Å²) in [5.41, 5.74) is 4.49. The summed E-state index contributed by atoms with van der Waals surface area (Å²) in [6, 6.07) is 8.36. The van der Waals surface area contributed by atoms with Crippen LogP contribution in [0.1, 0.15) is 66.8 Å². The molecule has 0 N–H and O–H groups in total. The number of benzene rings is 1. The van der Waals surface area contributed by atoms with Gasteiger partial charge in [-0.1, -0.05) is 45.0 Å². The molecule has 0 saturated carbocycles. The largest absolute Gasteiger partial charge is 0.396 e. The number of oxime groups is 1. The molecule has 0 unspecified atom stereocenters. The van der Waals surface area contributed by atoms with Crippen molar-refractivity contribution in [1.29, 1.82) is 0 Å². The summed E-state index contributed by atoms with van der Waals surface area (Å²) in [6.07, 6.45) is 6.00. The Morgan fingerprint density at radius 1 is 1.11 bits per heavy atom. The van der Waals surface area contributed by atoms with Crippen molar-refractivity contribution >= 4 is 39.3 Å². The highest BCUT2D eigenvalue weighted by atomic mass is 79.9. The van der Waals surface area contributed by atoms with Crippen LogP contribution in [0.25, 0.3) is 0 Å². The molecular weight excluding hydrogens is 550 g/mol. The van der Waals surface area contributed by atoms with Gasteiger partial charge in [-0.3, -0.25) is 9.69 Å². The van der Waals surface area contributed by atoms with Gasteiger partial charge in [0.25, 0.3) is 5.91 Å². The van der Waals surface area contributed by atoms with E-state index in [0.29, 0.717) is 18.1 Å². The van der Waals surface area contributed by atoms with Crippen LogP contribution >= 0.6 is 27.7 Å². The summed E-state index contributed by atoms with van der Waals surface area (Å²) in [5, 5.41) is 5.25. The number of aryl methyl sites for hydroxylation is 2. The molecule has 4 rings (SSSR count). The summed E-state index contributed by atoms with van der Waals surface area (Å²) in [4.78, 5) is 32.6. The maximum Gasteiger partial charge on any atom is 0.257 e. The van der Waals surface area contributed by atoms with E-state index in [-0.39, 0.29) is 11.4 Å². The van der Waals surface area contributed by atoms with E-state index in [0.717, 1.165) is 84.2 Å². The van der Waals surface area contributed by atoms with E-state index in [2.05, 4.69) is 67.1 Å². The highest BCUT2D eigenvalue weighted by Gasteiger charge is 2.39. The van der Waals surface area contributed by atoms with Crippen molar-refractivity contribution in [3.8, 4) is 0 Å². The van der Waals surface area contributed by atoms with Gasteiger partial charge in [-0.05, 0) is 90.4 Å². The summed E-state index contributed by atoms with van der Waals surface area (Å²) in [7, 11) is 0. The molecule has 2 aromatic rings. The molecule has 200 valence electrons. The van der Waals surface area contributed by atoms with E-state index < -0.39 is 0 Å². The third-order valence-corrected chi connectivity index (χ3v) is 8.93. The molecule has 0 aliphatic carbocycles. The van der Waals surface area contributed by atoms with E-state index in [9.17, 15) is 4.79 Å². The van der Waals surface area contributed by atoms with Crippen molar-refractivity contribution in [1.82, 2.24) is 19.8 Å². The lowest BCUT2D eigenvalue weighted by Crippen LogP contribution is -2.56. The molecule has 0 atom stereocenters. The van der Waals surface area contributed by atoms with E-state index in [4.69, 9.17) is 4.84 Å². The highest BCUT2D eigenvalue weighted by molar-refractivity contribution is 9.10. The van der Waals surface area contributed by atoms with Gasteiger partial charge >= 0.3 is 0 Å². The second-order valence-electron chi connectivity index (χ2n) is 10.2. The van der Waals surface area contributed by atoms with Crippen LogP contribution in [0.4, 0.5) is 0 Å². The average Bonchev–Trinajstić information content (AvgIpc) is 2.90. The number of thioether (sulfide) groups is 1. The number of amides is 1. The molecule has 0 spiro atoms. The number of rotatable bonds is 7. The zero-order valence-electron chi connectivity index (χ0n) is 22.6. The van der Waals surface area contributed by atoms with Gasteiger partial charge in [0.05, 0.1) is 22.7 Å². The Bertz CT molecular complexity index is 1100. The number of carbonyl (C=O) groups excluding carboxylic acids is 1. The molecule has 0 radical (unpaired) electrons. The summed E-state index contributed by atoms with van der Waals surface area (Å²) >= 11 is 5.04. The normalized spacial score (nSPS) is 19.2. The number of hydrogen-bond donors (Lipinski definition) is 0. The summed E-state index contributed by atoms with van der Waals surface area (Å²) < 4.78 is 1.06. The van der Waals surface area contributed by atoms with Crippen molar-refractivity contribution < 1.29 is 9.63 Å². The van der Waals surface area contributed by atoms with Crippen LogP contribution in [0.5, 0.6) is 0 Å². The second kappa shape index (κ2) is 12.3. The minimum atomic E-state index is 0.0645. The van der Waals surface area contributed by atoms with Crippen molar-refractivity contribution in [3.63, 3.8) is 0 Å². The molecule has 1 aromatic carbocycles. The predicted octanol–water partition coefficient (Wildman–Crippen LogP) is 5.73. The first-order valence-corrected chi connectivity index (χ1v) is 15.2. The molecular formula is C28H38BrN5O2S. The van der Waals surface area contributed by atoms with Crippen LogP contribution in [-0.2, 0) is 4.84 Å². The number of likely N-dealkylation sites (tertiary alicyclic amines) is 2. The quantitative estimate of drug-likeness (QED) is 0.178. The summed E-state index contributed by atoms with van der Waals surface area (Å²) in [6.45, 7) is 12.3. The van der Waals surface area contributed by atoms with Crippen molar-refractivity contribution in [2.45, 2.75) is 64.1 Å². The molecule has 1 amide bonds. The maximum absolute atomic E-state index is 13.4. The SMILES string of the molecule is CCO/N=C(/c1ccc(Br)cc1)C1CCN(C2(C)CCN(C(=O)c3c(C)nc(SC)nc3C)CC2)CC1. The Morgan fingerprint density at radius 3 is 2.24 bits per heavy atom. The van der Waals surface area contributed by atoms with E-state index in [1.54, 1.807) is 0 Å². The van der Waals surface area contributed by atoms with Gasteiger partial charge in [-0.25, -0.2) is 9.97 Å². The molecule has 3 heterocycles. The second-order valence-corrected chi connectivity index (χ2v) is 11.9. The predicted molar refractivity (Wildman–Crippen MR) is 153 cm³/mol. The first-order chi connectivity index (χ1) is 17.8. The molecule has 2 saturated heterocycles. The Kier molecular flexibility index (Phi) is 9.29. The first kappa shape index (κ1) is 28.0. The Morgan fingerprint density at radius 2 is 1.70 bits per heavy atom. The average molecular weight is 589 g/mol. The van der Waals surface area contributed by atoms with Crippen LogP contribution in [-0.4, -0.2) is 76.0 Å². The van der Waals surface area contributed by atoms with Gasteiger partial charge in [-0.2, -0.15) is 0 Å². The fourth-order valence-corrected chi connectivity index (χ4v) is 6.28. The molecule has 1 aromatic heterocycles. The molecule has 2 aliphatic rings. The third kappa shape index (κ3) is 6.37. The minimum Gasteiger partial charge on any atom is -0.396 e. The molecule has 7 nitrogen and oxygen atoms in total. The van der Waals surface area contributed by atoms with E-state index >= 15 is 0 Å². The fraction of sp³-hybridized carbons (Fsp3) is 0.571. The lowest BCUT2D eigenvalue weighted by Gasteiger charge is -2.49. The van der Waals surface area contributed by atoms with Crippen LogP contribution in [0.3, 0.4) is 0 Å². The minimum absolute atomic E-state index is 0.0645. The molecule has 2 aliphatic heterocycles. The number of hydrogen-bond acceptors (Lipinski definition) is 7. The van der Waals surface area contributed by atoms with Crippen LogP contribution in [0.15, 0.2) is 39.1 Å². The van der Waals surface area contributed by atoms with E-state index in [1.165, 1.54) is 11.8 Å². The number of nitrogens with zero attached hydrogens (tertiary/aromatic N) is 5.